The van der Waals surface area contributed by atoms with Gasteiger partial charge >= 0.3 is 0 Å². The van der Waals surface area contributed by atoms with Crippen molar-refractivity contribution in [3.05, 3.63) is 48.8 Å². The monoisotopic (exact) mass is 422 g/mol. The molecule has 0 unspecified atom stereocenters. The normalized spacial score (nSPS) is 9.64. The molecule has 0 bridgehead atoms. The van der Waals surface area contributed by atoms with Crippen molar-refractivity contribution in [1.82, 2.24) is 9.97 Å². The Morgan fingerprint density at radius 3 is 2.59 bits per heavy atom. The van der Waals surface area contributed by atoms with Gasteiger partial charge in [-0.3, -0.25) is 10.1 Å². The number of aromatic nitrogens is 2. The number of nitrogens with zero attached hydrogens (tertiary/aromatic N) is 5. The van der Waals surface area contributed by atoms with E-state index in [0.29, 0.717) is 8.95 Å². The third-order valence-corrected chi connectivity index (χ3v) is 3.55. The first-order chi connectivity index (χ1) is 10.5. The van der Waals surface area contributed by atoms with Gasteiger partial charge in [0.25, 0.3) is 5.69 Å². The van der Waals surface area contributed by atoms with Crippen molar-refractivity contribution >= 4 is 49.1 Å². The topological polar surface area (TPSA) is 129 Å². The molecule has 22 heavy (non-hydrogen) atoms. The van der Waals surface area contributed by atoms with Crippen molar-refractivity contribution in [2.45, 2.75) is 0 Å². The molecule has 108 valence electrons. The fourth-order valence-electron chi connectivity index (χ4n) is 1.56. The van der Waals surface area contributed by atoms with E-state index in [1.807, 2.05) is 0 Å². The lowest BCUT2D eigenvalue weighted by atomic mass is 10.2. The zero-order valence-corrected chi connectivity index (χ0v) is 13.7. The summed E-state index contributed by atoms with van der Waals surface area (Å²) < 4.78 is 0.899. The van der Waals surface area contributed by atoms with Crippen LogP contribution in [-0.4, -0.2) is 14.9 Å². The first-order valence-corrected chi connectivity index (χ1v) is 7.12. The fraction of sp³-hybridized carbons (Fsp3) is 0. The Kier molecular flexibility index (Phi) is 4.65. The Hall–Kier alpha value is -2.56. The summed E-state index contributed by atoms with van der Waals surface area (Å²) in [6.45, 7) is 0. The average molecular weight is 424 g/mol. The number of anilines is 2. The lowest BCUT2D eigenvalue weighted by Gasteiger charge is -2.10. The van der Waals surface area contributed by atoms with Crippen molar-refractivity contribution in [3.63, 3.8) is 0 Å². The molecule has 8 nitrogen and oxygen atoms in total. The highest BCUT2D eigenvalue weighted by molar-refractivity contribution is 9.11. The molecular weight excluding hydrogens is 420 g/mol. The maximum atomic E-state index is 11.2. The van der Waals surface area contributed by atoms with E-state index < -0.39 is 4.92 Å². The molecule has 0 aliphatic rings. The number of rotatable bonds is 3. The molecule has 0 radical (unpaired) electrons. The number of halogens is 2. The van der Waals surface area contributed by atoms with Crippen LogP contribution in [0.15, 0.2) is 27.3 Å². The van der Waals surface area contributed by atoms with Crippen LogP contribution in [0.2, 0.25) is 0 Å². The summed E-state index contributed by atoms with van der Waals surface area (Å²) in [5, 5.41) is 31.7. The second kappa shape index (κ2) is 6.47. The molecule has 0 aliphatic heterocycles. The highest BCUT2D eigenvalue weighted by atomic mass is 79.9. The summed E-state index contributed by atoms with van der Waals surface area (Å²) in [7, 11) is 0. The lowest BCUT2D eigenvalue weighted by Crippen LogP contribution is -2.04. The molecule has 0 saturated heterocycles. The predicted molar refractivity (Wildman–Crippen MR) is 83.2 cm³/mol. The second-order valence-corrected chi connectivity index (χ2v) is 5.61. The third kappa shape index (κ3) is 3.19. The van der Waals surface area contributed by atoms with Crippen LogP contribution >= 0.6 is 31.9 Å². The van der Waals surface area contributed by atoms with Crippen LogP contribution in [0.1, 0.15) is 11.4 Å². The summed E-state index contributed by atoms with van der Waals surface area (Å²) >= 11 is 6.38. The molecular formula is C12H4Br2N6O2. The van der Waals surface area contributed by atoms with Crippen LogP contribution in [0.25, 0.3) is 0 Å². The quantitative estimate of drug-likeness (QED) is 0.591. The molecule has 1 aromatic carbocycles. The van der Waals surface area contributed by atoms with E-state index in [1.54, 1.807) is 18.2 Å². The van der Waals surface area contributed by atoms with E-state index in [2.05, 4.69) is 47.1 Å². The minimum absolute atomic E-state index is 0.0163. The molecule has 2 aromatic rings. The van der Waals surface area contributed by atoms with E-state index in [9.17, 15) is 10.1 Å². The van der Waals surface area contributed by atoms with Crippen molar-refractivity contribution < 1.29 is 4.92 Å². The number of benzene rings is 1. The Morgan fingerprint density at radius 2 is 2.00 bits per heavy atom. The maximum Gasteiger partial charge on any atom is 0.295 e. The zero-order chi connectivity index (χ0) is 16.3. The van der Waals surface area contributed by atoms with Crippen LogP contribution in [-0.2, 0) is 0 Å². The molecule has 1 aromatic heterocycles. The molecule has 2 rings (SSSR count). The highest BCUT2D eigenvalue weighted by Crippen LogP contribution is 2.37. The van der Waals surface area contributed by atoms with E-state index in [-0.39, 0.29) is 28.6 Å². The molecule has 0 saturated carbocycles. The van der Waals surface area contributed by atoms with Crippen molar-refractivity contribution in [3.8, 4) is 12.1 Å². The van der Waals surface area contributed by atoms with Crippen LogP contribution in [0.4, 0.5) is 17.2 Å². The SMILES string of the molecule is N#Cc1cnc(C#N)c(Nc2c(Br)cc(Br)cc2[N+](=O)[O-])n1. The van der Waals surface area contributed by atoms with E-state index in [0.717, 1.165) is 6.20 Å². The van der Waals surface area contributed by atoms with E-state index >= 15 is 0 Å². The van der Waals surface area contributed by atoms with Gasteiger partial charge in [-0.25, -0.2) is 9.97 Å². The average Bonchev–Trinajstić information content (AvgIpc) is 2.49. The van der Waals surface area contributed by atoms with Crippen molar-refractivity contribution in [1.29, 1.82) is 10.5 Å². The van der Waals surface area contributed by atoms with Gasteiger partial charge in [-0.1, -0.05) is 15.9 Å². The van der Waals surface area contributed by atoms with Crippen LogP contribution < -0.4 is 5.32 Å². The Morgan fingerprint density at radius 1 is 1.27 bits per heavy atom. The first-order valence-electron chi connectivity index (χ1n) is 5.54. The number of nitro benzene ring substituents is 1. The Bertz CT molecular complexity index is 856. The number of nitrogens with one attached hydrogen (secondary N) is 1. The van der Waals surface area contributed by atoms with Crippen LogP contribution in [0, 0.1) is 32.8 Å². The summed E-state index contributed by atoms with van der Waals surface area (Å²) in [5.74, 6) is -0.0346. The van der Waals surface area contributed by atoms with Gasteiger partial charge in [-0.15, -0.1) is 0 Å². The number of nitriles is 2. The predicted octanol–water partition coefficient (Wildman–Crippen LogP) is 3.40. The molecule has 1 heterocycles. The van der Waals surface area contributed by atoms with Gasteiger partial charge in [0.1, 0.15) is 17.8 Å². The molecule has 1 N–H and O–H groups in total. The van der Waals surface area contributed by atoms with Crippen LogP contribution in [0.5, 0.6) is 0 Å². The molecule has 0 amide bonds. The van der Waals surface area contributed by atoms with Gasteiger partial charge < -0.3 is 5.32 Å². The number of hydrogen-bond acceptors (Lipinski definition) is 7. The largest absolute Gasteiger partial charge is 0.331 e. The fourth-order valence-corrected chi connectivity index (χ4v) is 2.86. The molecule has 0 aliphatic carbocycles. The molecule has 0 fully saturated rings. The second-order valence-electron chi connectivity index (χ2n) is 3.84. The van der Waals surface area contributed by atoms with Gasteiger partial charge in [0.05, 0.1) is 11.1 Å². The molecule has 0 spiro atoms. The van der Waals surface area contributed by atoms with Gasteiger partial charge in [0, 0.05) is 15.0 Å². The summed E-state index contributed by atoms with van der Waals surface area (Å²) in [4.78, 5) is 18.3. The van der Waals surface area contributed by atoms with Gasteiger partial charge in [0.15, 0.2) is 17.2 Å². The van der Waals surface area contributed by atoms with Gasteiger partial charge in [-0.05, 0) is 22.0 Å². The minimum atomic E-state index is -0.578. The van der Waals surface area contributed by atoms with Crippen molar-refractivity contribution in [2.75, 3.05) is 5.32 Å². The number of hydrogen-bond donors (Lipinski definition) is 1. The van der Waals surface area contributed by atoms with Gasteiger partial charge in [-0.2, -0.15) is 10.5 Å². The van der Waals surface area contributed by atoms with E-state index in [1.165, 1.54) is 6.07 Å². The minimum Gasteiger partial charge on any atom is -0.331 e. The Labute approximate surface area is 140 Å². The lowest BCUT2D eigenvalue weighted by molar-refractivity contribution is -0.384. The molecule has 10 heteroatoms. The maximum absolute atomic E-state index is 11.2. The smallest absolute Gasteiger partial charge is 0.295 e. The number of nitro groups is 1. The summed E-state index contributed by atoms with van der Waals surface area (Å²) in [6, 6.07) is 6.50. The Balaban J connectivity index is 2.59. The molecule has 0 atom stereocenters. The third-order valence-electron chi connectivity index (χ3n) is 2.47. The summed E-state index contributed by atoms with van der Waals surface area (Å²) in [6.07, 6.45) is 1.15. The van der Waals surface area contributed by atoms with E-state index in [4.69, 9.17) is 10.5 Å². The summed E-state index contributed by atoms with van der Waals surface area (Å²) in [5.41, 5.74) is -0.219. The van der Waals surface area contributed by atoms with Crippen molar-refractivity contribution in [2.24, 2.45) is 0 Å². The van der Waals surface area contributed by atoms with Crippen LogP contribution in [0.3, 0.4) is 0 Å². The van der Waals surface area contributed by atoms with Gasteiger partial charge in [0.2, 0.25) is 0 Å². The highest BCUT2D eigenvalue weighted by Gasteiger charge is 2.20. The first kappa shape index (κ1) is 15.8. The zero-order valence-electron chi connectivity index (χ0n) is 10.5. The standard InChI is InChI=1S/C12H4Br2N6O2/c13-6-1-8(14)11(10(2-6)20(21)22)19-12-9(4-16)17-5-7(3-15)18-12/h1-2,5H,(H,18,19).